The van der Waals surface area contributed by atoms with E-state index in [1.54, 1.807) is 53.4 Å². The van der Waals surface area contributed by atoms with Gasteiger partial charge in [-0.2, -0.15) is 8.42 Å². The number of primary amides is 1. The van der Waals surface area contributed by atoms with Gasteiger partial charge < -0.3 is 15.8 Å². The highest BCUT2D eigenvalue weighted by atomic mass is 35.5. The van der Waals surface area contributed by atoms with E-state index in [-0.39, 0.29) is 17.4 Å². The third-order valence-electron chi connectivity index (χ3n) is 4.56. The Labute approximate surface area is 205 Å². The summed E-state index contributed by atoms with van der Waals surface area (Å²) in [6.45, 7) is 1.05. The van der Waals surface area contributed by atoms with Gasteiger partial charge in [0.25, 0.3) is 28.0 Å². The number of hydrogen-bond acceptors (Lipinski definition) is 7. The van der Waals surface area contributed by atoms with Gasteiger partial charge >= 0.3 is 0 Å². The van der Waals surface area contributed by atoms with Gasteiger partial charge in [-0.15, -0.1) is 0 Å². The van der Waals surface area contributed by atoms with Crippen LogP contribution in [0.2, 0.25) is 5.02 Å². The Morgan fingerprint density at radius 2 is 1.71 bits per heavy atom. The molecule has 0 spiro atoms. The average Bonchev–Trinajstić information content (AvgIpc) is 3.40. The minimum Gasteiger partial charge on any atom is -0.463 e. The first-order valence-electron chi connectivity index (χ1n) is 9.90. The molecule has 0 aliphatic carbocycles. The lowest BCUT2D eigenvalue weighted by atomic mass is 10.2. The molecular formula is C21H21ClN6O6S. The molecule has 1 saturated heterocycles. The van der Waals surface area contributed by atoms with Crippen molar-refractivity contribution in [3.8, 4) is 5.69 Å². The molecule has 1 fully saturated rings. The van der Waals surface area contributed by atoms with Crippen LogP contribution >= 0.6 is 11.6 Å². The number of benzene rings is 2. The van der Waals surface area contributed by atoms with E-state index in [1.807, 2.05) is 0 Å². The Morgan fingerprint density at radius 3 is 2.23 bits per heavy atom. The number of nitrogens with zero attached hydrogens (tertiary/aromatic N) is 3. The highest BCUT2D eigenvalue weighted by Gasteiger charge is 2.24. The third-order valence-corrected chi connectivity index (χ3v) is 4.81. The summed E-state index contributed by atoms with van der Waals surface area (Å²) in [4.78, 5) is 30.5. The topological polar surface area (TPSA) is 181 Å². The number of nitrogens with one attached hydrogen (secondary N) is 2. The van der Waals surface area contributed by atoms with Crippen LogP contribution in [0.1, 0.15) is 21.0 Å². The number of aromatic nitrogens is 2. The second kappa shape index (κ2) is 10.5. The lowest BCUT2D eigenvalue weighted by Crippen LogP contribution is -2.24. The van der Waals surface area contributed by atoms with Crippen LogP contribution in [0.4, 0.5) is 11.4 Å². The molecule has 2 aromatic carbocycles. The lowest BCUT2D eigenvalue weighted by Gasteiger charge is -2.15. The van der Waals surface area contributed by atoms with Gasteiger partial charge in [-0.25, -0.2) is 4.98 Å². The van der Waals surface area contributed by atoms with Crippen LogP contribution < -0.4 is 16.0 Å². The summed E-state index contributed by atoms with van der Waals surface area (Å²) in [5.74, 6) is -1.35. The zero-order chi connectivity index (χ0) is 25.8. The third kappa shape index (κ3) is 6.79. The van der Waals surface area contributed by atoms with Gasteiger partial charge in [0.15, 0.2) is 5.69 Å². The number of ether oxygens (including phenoxy) is 1. The van der Waals surface area contributed by atoms with Crippen LogP contribution in [0, 0.1) is 5.41 Å². The Kier molecular flexibility index (Phi) is 7.74. The second-order valence-corrected chi connectivity index (χ2v) is 9.09. The van der Waals surface area contributed by atoms with E-state index in [2.05, 4.69) is 10.3 Å². The van der Waals surface area contributed by atoms with Crippen molar-refractivity contribution in [2.24, 2.45) is 5.73 Å². The molecule has 0 bridgehead atoms. The maximum absolute atomic E-state index is 13.0. The summed E-state index contributed by atoms with van der Waals surface area (Å²) in [5, 5.41) is 11.1. The molecular weight excluding hydrogens is 500 g/mol. The molecule has 14 heteroatoms. The zero-order valence-corrected chi connectivity index (χ0v) is 19.9. The summed E-state index contributed by atoms with van der Waals surface area (Å²) >= 11 is 5.93. The number of rotatable bonds is 5. The number of carbonyl (C=O) groups is 2. The molecule has 0 saturated carbocycles. The number of amidine groups is 1. The van der Waals surface area contributed by atoms with E-state index >= 15 is 0 Å². The van der Waals surface area contributed by atoms with E-state index < -0.39 is 21.9 Å². The van der Waals surface area contributed by atoms with Gasteiger partial charge in [0, 0.05) is 22.1 Å². The fraction of sp³-hybridized carbons (Fsp3) is 0.143. The minimum absolute atomic E-state index is 0.0172. The molecule has 1 aliphatic heterocycles. The minimum atomic E-state index is -3.67. The Morgan fingerprint density at radius 1 is 1.14 bits per heavy atom. The van der Waals surface area contributed by atoms with Crippen LogP contribution in [0.15, 0.2) is 54.9 Å². The highest BCUT2D eigenvalue weighted by Crippen LogP contribution is 2.22. The molecule has 3 aromatic rings. The normalized spacial score (nSPS) is 13.0. The maximum atomic E-state index is 13.0. The number of imidazole rings is 1. The van der Waals surface area contributed by atoms with Gasteiger partial charge in [0.1, 0.15) is 18.6 Å². The summed E-state index contributed by atoms with van der Waals surface area (Å²) in [7, 11) is -3.67. The highest BCUT2D eigenvalue weighted by molar-refractivity contribution is 7.85. The molecule has 0 atom stereocenters. The number of halogens is 1. The Bertz CT molecular complexity index is 1350. The Balaban J connectivity index is 0.000000623. The van der Waals surface area contributed by atoms with Gasteiger partial charge in [-0.3, -0.25) is 29.0 Å². The maximum Gasteiger partial charge on any atom is 0.289 e. The fourth-order valence-corrected chi connectivity index (χ4v) is 3.24. The molecule has 0 radical (unpaired) electrons. The molecule has 184 valence electrons. The predicted molar refractivity (Wildman–Crippen MR) is 130 cm³/mol. The zero-order valence-electron chi connectivity index (χ0n) is 18.3. The lowest BCUT2D eigenvalue weighted by molar-refractivity contribution is 0.0971. The quantitative estimate of drug-likeness (QED) is 0.369. The molecule has 5 N–H and O–H groups in total. The van der Waals surface area contributed by atoms with Gasteiger partial charge in [0.05, 0.1) is 12.8 Å². The molecule has 1 aliphatic rings. The molecule has 2 amide bonds. The number of anilines is 2. The first-order valence-corrected chi connectivity index (χ1v) is 12.1. The average molecular weight is 521 g/mol. The Hall–Kier alpha value is -3.94. The molecule has 1 aromatic heterocycles. The van der Waals surface area contributed by atoms with Crippen LogP contribution in [0.5, 0.6) is 0 Å². The number of nitrogens with two attached hydrogens (primary N) is 1. The van der Waals surface area contributed by atoms with E-state index in [9.17, 15) is 18.0 Å². The van der Waals surface area contributed by atoms with Crippen molar-refractivity contribution in [3.63, 3.8) is 0 Å². The van der Waals surface area contributed by atoms with E-state index in [1.165, 1.54) is 10.9 Å². The SMILES string of the molecule is CS(=O)(=O)O.N=C1OCCN1c1ccc(NC(=O)c2c(C(N)=O)ncn2-c2ccc(Cl)cc2)cc1. The van der Waals surface area contributed by atoms with Gasteiger partial charge in [-0.05, 0) is 48.5 Å². The standard InChI is InChI=1S/C20H17ClN6O3.CH4O3S/c21-12-1-5-15(6-2-12)27-11-24-16(18(22)28)17(27)19(29)25-13-3-7-14(8-4-13)26-9-10-30-20(26)23;1-5(2,3)4/h1-8,11,23H,9-10H2,(H2,22,28)(H,25,29);1H3,(H,2,3,4). The molecule has 4 rings (SSSR count). The number of hydrogen-bond donors (Lipinski definition) is 4. The van der Waals surface area contributed by atoms with E-state index in [0.29, 0.717) is 35.8 Å². The predicted octanol–water partition coefficient (Wildman–Crippen LogP) is 2.15. The van der Waals surface area contributed by atoms with Crippen LogP contribution in [-0.4, -0.2) is 59.8 Å². The molecule has 2 heterocycles. The van der Waals surface area contributed by atoms with E-state index in [4.69, 9.17) is 32.0 Å². The molecule has 0 unspecified atom stereocenters. The van der Waals surface area contributed by atoms with Crippen molar-refractivity contribution in [2.45, 2.75) is 0 Å². The van der Waals surface area contributed by atoms with Crippen LogP contribution in [-0.2, 0) is 14.9 Å². The summed E-state index contributed by atoms with van der Waals surface area (Å²) in [5.41, 5.74) is 7.18. The van der Waals surface area contributed by atoms with Crippen molar-refractivity contribution in [1.82, 2.24) is 9.55 Å². The summed E-state index contributed by atoms with van der Waals surface area (Å²) < 4.78 is 32.5. The van der Waals surface area contributed by atoms with Crippen LogP contribution in [0.3, 0.4) is 0 Å². The van der Waals surface area contributed by atoms with E-state index in [0.717, 1.165) is 5.69 Å². The van der Waals surface area contributed by atoms with Crippen molar-refractivity contribution in [1.29, 1.82) is 5.41 Å². The van der Waals surface area contributed by atoms with Crippen molar-refractivity contribution in [2.75, 3.05) is 29.6 Å². The molecule has 35 heavy (non-hydrogen) atoms. The largest absolute Gasteiger partial charge is 0.463 e. The summed E-state index contributed by atoms with van der Waals surface area (Å²) in [6, 6.07) is 13.8. The first-order chi connectivity index (χ1) is 16.4. The fourth-order valence-electron chi connectivity index (χ4n) is 3.12. The van der Waals surface area contributed by atoms with Crippen molar-refractivity contribution >= 4 is 50.9 Å². The molecule has 12 nitrogen and oxygen atoms in total. The monoisotopic (exact) mass is 520 g/mol. The van der Waals surface area contributed by atoms with Crippen LogP contribution in [0.25, 0.3) is 5.69 Å². The first kappa shape index (κ1) is 25.7. The smallest absolute Gasteiger partial charge is 0.289 e. The van der Waals surface area contributed by atoms with Crippen molar-refractivity contribution < 1.29 is 27.3 Å². The number of amides is 2. The van der Waals surface area contributed by atoms with Gasteiger partial charge in [0.2, 0.25) is 0 Å². The number of carbonyl (C=O) groups excluding carboxylic acids is 2. The van der Waals surface area contributed by atoms with Gasteiger partial charge in [-0.1, -0.05) is 11.6 Å². The van der Waals surface area contributed by atoms with Crippen molar-refractivity contribution in [3.05, 3.63) is 71.3 Å². The summed E-state index contributed by atoms with van der Waals surface area (Å²) in [6.07, 6.45) is 2.08. The second-order valence-electron chi connectivity index (χ2n) is 7.19.